The van der Waals surface area contributed by atoms with Crippen LogP contribution in [0, 0.1) is 11.8 Å². The second-order valence-corrected chi connectivity index (χ2v) is 6.03. The molecule has 20 heavy (non-hydrogen) atoms. The van der Waals surface area contributed by atoms with Crippen molar-refractivity contribution in [3.05, 3.63) is 0 Å². The number of carboxylic acids is 1. The molecule has 1 aliphatic rings. The van der Waals surface area contributed by atoms with Crippen LogP contribution in [0.3, 0.4) is 0 Å². The number of rotatable bonds is 7. The van der Waals surface area contributed by atoms with E-state index in [-0.39, 0.29) is 6.03 Å². The van der Waals surface area contributed by atoms with Crippen LogP contribution >= 0.6 is 0 Å². The molecule has 1 saturated carbocycles. The van der Waals surface area contributed by atoms with Gasteiger partial charge in [-0.1, -0.05) is 39.5 Å². The van der Waals surface area contributed by atoms with Gasteiger partial charge < -0.3 is 15.7 Å². The first kappa shape index (κ1) is 16.8. The molecule has 0 aromatic rings. The van der Waals surface area contributed by atoms with Gasteiger partial charge in [-0.05, 0) is 31.1 Å². The zero-order chi connectivity index (χ0) is 15.0. The van der Waals surface area contributed by atoms with Crippen molar-refractivity contribution in [2.24, 2.45) is 11.8 Å². The van der Waals surface area contributed by atoms with Gasteiger partial charge in [-0.25, -0.2) is 9.59 Å². The Labute approximate surface area is 121 Å². The molecule has 1 aliphatic carbocycles. The minimum Gasteiger partial charge on any atom is -0.480 e. The summed E-state index contributed by atoms with van der Waals surface area (Å²) < 4.78 is 0. The van der Waals surface area contributed by atoms with E-state index in [0.717, 1.165) is 31.6 Å². The van der Waals surface area contributed by atoms with Crippen molar-refractivity contribution in [1.29, 1.82) is 0 Å². The highest BCUT2D eigenvalue weighted by atomic mass is 16.4. The van der Waals surface area contributed by atoms with Gasteiger partial charge in [0.15, 0.2) is 0 Å². The van der Waals surface area contributed by atoms with Crippen molar-refractivity contribution in [3.63, 3.8) is 0 Å². The molecule has 1 rings (SSSR count). The fourth-order valence-electron chi connectivity index (χ4n) is 2.86. The first-order chi connectivity index (χ1) is 9.52. The summed E-state index contributed by atoms with van der Waals surface area (Å²) in [6.07, 6.45) is 7.02. The Balaban J connectivity index is 2.28. The monoisotopic (exact) mass is 284 g/mol. The third-order valence-corrected chi connectivity index (χ3v) is 4.05. The van der Waals surface area contributed by atoms with E-state index >= 15 is 0 Å². The Morgan fingerprint density at radius 1 is 1.35 bits per heavy atom. The van der Waals surface area contributed by atoms with Crippen molar-refractivity contribution in [2.75, 3.05) is 6.54 Å². The van der Waals surface area contributed by atoms with E-state index in [1.165, 1.54) is 12.8 Å². The van der Waals surface area contributed by atoms with Crippen molar-refractivity contribution in [3.8, 4) is 0 Å². The summed E-state index contributed by atoms with van der Waals surface area (Å²) in [6.45, 7) is 4.90. The minimum atomic E-state index is -0.958. The van der Waals surface area contributed by atoms with Gasteiger partial charge in [-0.2, -0.15) is 0 Å². The first-order valence-corrected chi connectivity index (χ1v) is 7.80. The van der Waals surface area contributed by atoms with Crippen LogP contribution in [-0.4, -0.2) is 29.7 Å². The molecule has 0 saturated heterocycles. The summed E-state index contributed by atoms with van der Waals surface area (Å²) in [6, 6.07) is -1.13. The van der Waals surface area contributed by atoms with Gasteiger partial charge in [0.1, 0.15) is 6.04 Å². The Morgan fingerprint density at radius 3 is 2.70 bits per heavy atom. The van der Waals surface area contributed by atoms with E-state index in [4.69, 9.17) is 5.11 Å². The maximum absolute atomic E-state index is 11.8. The van der Waals surface area contributed by atoms with Gasteiger partial charge in [-0.15, -0.1) is 0 Å². The Kier molecular flexibility index (Phi) is 7.41. The lowest BCUT2D eigenvalue weighted by atomic mass is 9.82. The molecule has 3 unspecified atom stereocenters. The van der Waals surface area contributed by atoms with Crippen LogP contribution in [0.2, 0.25) is 0 Å². The minimum absolute atomic E-state index is 0.355. The highest BCUT2D eigenvalue weighted by Crippen LogP contribution is 2.27. The molecule has 0 heterocycles. The SMILES string of the molecule is CCCCC(NC(=O)NCC1CCCC(C)C1)C(=O)O. The smallest absolute Gasteiger partial charge is 0.326 e. The molecule has 116 valence electrons. The zero-order valence-electron chi connectivity index (χ0n) is 12.7. The van der Waals surface area contributed by atoms with Gasteiger partial charge >= 0.3 is 12.0 Å². The van der Waals surface area contributed by atoms with Crippen molar-refractivity contribution >= 4 is 12.0 Å². The summed E-state index contributed by atoms with van der Waals surface area (Å²) in [5.41, 5.74) is 0. The third-order valence-electron chi connectivity index (χ3n) is 4.05. The zero-order valence-corrected chi connectivity index (χ0v) is 12.7. The van der Waals surface area contributed by atoms with Crippen LogP contribution in [0.15, 0.2) is 0 Å². The van der Waals surface area contributed by atoms with E-state index < -0.39 is 12.0 Å². The second-order valence-electron chi connectivity index (χ2n) is 6.03. The summed E-state index contributed by atoms with van der Waals surface area (Å²) in [5, 5.41) is 14.4. The normalized spacial score (nSPS) is 23.9. The first-order valence-electron chi connectivity index (χ1n) is 7.80. The molecule has 3 N–H and O–H groups in total. The van der Waals surface area contributed by atoms with Crippen LogP contribution in [-0.2, 0) is 4.79 Å². The number of carboxylic acid groups (broad SMARTS) is 1. The predicted octanol–water partition coefficient (Wildman–Crippen LogP) is 2.76. The maximum Gasteiger partial charge on any atom is 0.326 e. The highest BCUT2D eigenvalue weighted by Gasteiger charge is 2.21. The quantitative estimate of drug-likeness (QED) is 0.672. The number of hydrogen-bond acceptors (Lipinski definition) is 2. The average molecular weight is 284 g/mol. The number of carbonyl (C=O) groups excluding carboxylic acids is 1. The summed E-state index contributed by atoms with van der Waals surface area (Å²) in [5.74, 6) is 0.304. The van der Waals surface area contributed by atoms with Crippen molar-refractivity contribution < 1.29 is 14.7 Å². The molecule has 2 amide bonds. The van der Waals surface area contributed by atoms with Crippen LogP contribution in [0.1, 0.15) is 58.8 Å². The number of carbonyl (C=O) groups is 2. The Bertz CT molecular complexity index is 320. The topological polar surface area (TPSA) is 78.4 Å². The molecule has 0 radical (unpaired) electrons. The standard InChI is InChI=1S/C15H28N2O3/c1-3-4-8-13(14(18)19)17-15(20)16-10-12-7-5-6-11(2)9-12/h11-13H,3-10H2,1-2H3,(H,18,19)(H2,16,17,20). The molecule has 0 aromatic heterocycles. The van der Waals surface area contributed by atoms with Crippen LogP contribution in [0.4, 0.5) is 4.79 Å². The maximum atomic E-state index is 11.8. The number of amides is 2. The lowest BCUT2D eigenvalue weighted by molar-refractivity contribution is -0.139. The molecule has 0 bridgehead atoms. The average Bonchev–Trinajstić information content (AvgIpc) is 2.41. The van der Waals surface area contributed by atoms with Crippen molar-refractivity contribution in [2.45, 2.75) is 64.8 Å². The number of aliphatic carboxylic acids is 1. The van der Waals surface area contributed by atoms with Crippen LogP contribution < -0.4 is 10.6 Å². The molecule has 5 heteroatoms. The fraction of sp³-hybridized carbons (Fsp3) is 0.867. The van der Waals surface area contributed by atoms with Gasteiger partial charge in [0.2, 0.25) is 0 Å². The molecule has 5 nitrogen and oxygen atoms in total. The Morgan fingerprint density at radius 2 is 2.10 bits per heavy atom. The lowest BCUT2D eigenvalue weighted by Crippen LogP contribution is -2.47. The van der Waals surface area contributed by atoms with Crippen LogP contribution in [0.25, 0.3) is 0 Å². The third kappa shape index (κ3) is 6.26. The molecular formula is C15H28N2O3. The Hall–Kier alpha value is -1.26. The van der Waals surface area contributed by atoms with Gasteiger partial charge in [0, 0.05) is 6.54 Å². The highest BCUT2D eigenvalue weighted by molar-refractivity contribution is 5.82. The predicted molar refractivity (Wildman–Crippen MR) is 78.6 cm³/mol. The number of hydrogen-bond donors (Lipinski definition) is 3. The molecule has 0 spiro atoms. The van der Waals surface area contributed by atoms with E-state index in [0.29, 0.717) is 18.9 Å². The van der Waals surface area contributed by atoms with E-state index in [1.54, 1.807) is 0 Å². The largest absolute Gasteiger partial charge is 0.480 e. The van der Waals surface area contributed by atoms with E-state index in [1.807, 2.05) is 6.92 Å². The summed E-state index contributed by atoms with van der Waals surface area (Å²) >= 11 is 0. The lowest BCUT2D eigenvalue weighted by Gasteiger charge is -2.27. The molecular weight excluding hydrogens is 256 g/mol. The molecule has 1 fully saturated rings. The molecule has 3 atom stereocenters. The summed E-state index contributed by atoms with van der Waals surface area (Å²) in [4.78, 5) is 22.8. The van der Waals surface area contributed by atoms with Gasteiger partial charge in [0.05, 0.1) is 0 Å². The summed E-state index contributed by atoms with van der Waals surface area (Å²) in [7, 11) is 0. The fourth-order valence-corrected chi connectivity index (χ4v) is 2.86. The number of unbranched alkanes of at least 4 members (excludes halogenated alkanes) is 1. The van der Waals surface area contributed by atoms with Crippen LogP contribution in [0.5, 0.6) is 0 Å². The molecule has 0 aliphatic heterocycles. The number of urea groups is 1. The van der Waals surface area contributed by atoms with Gasteiger partial charge in [-0.3, -0.25) is 0 Å². The van der Waals surface area contributed by atoms with E-state index in [2.05, 4.69) is 17.6 Å². The molecule has 0 aromatic carbocycles. The number of nitrogens with one attached hydrogen (secondary N) is 2. The van der Waals surface area contributed by atoms with E-state index in [9.17, 15) is 9.59 Å². The van der Waals surface area contributed by atoms with Crippen molar-refractivity contribution in [1.82, 2.24) is 10.6 Å². The van der Waals surface area contributed by atoms with Gasteiger partial charge in [0.25, 0.3) is 0 Å². The second kappa shape index (κ2) is 8.82.